The molecule has 2 heterocycles. The minimum Gasteiger partial charge on any atom is -0.494 e. The number of nitrogens with zero attached hydrogens (tertiary/aromatic N) is 1. The number of aromatic amines is 1. The third kappa shape index (κ3) is 6.21. The van der Waals surface area contributed by atoms with Crippen LogP contribution in [0.5, 0.6) is 11.5 Å². The number of rotatable bonds is 9. The number of fused-ring (bicyclic) bond motifs is 3. The minimum atomic E-state index is -0.504. The first-order valence-corrected chi connectivity index (χ1v) is 13.7. The van der Waals surface area contributed by atoms with Gasteiger partial charge in [0, 0.05) is 34.6 Å². The van der Waals surface area contributed by atoms with Gasteiger partial charge in [-0.25, -0.2) is 9.18 Å². The zero-order valence-corrected chi connectivity index (χ0v) is 22.8. The van der Waals surface area contributed by atoms with E-state index in [9.17, 15) is 9.18 Å². The number of carbonyl (C=O) groups excluding carboxylic acids is 1. The van der Waals surface area contributed by atoms with E-state index < -0.39 is 18.0 Å². The van der Waals surface area contributed by atoms with Gasteiger partial charge in [-0.2, -0.15) is 0 Å². The van der Waals surface area contributed by atoms with Crippen molar-refractivity contribution in [1.82, 2.24) is 9.88 Å². The summed E-state index contributed by atoms with van der Waals surface area (Å²) in [6, 6.07) is 18.6. The molecule has 204 valence electrons. The largest absolute Gasteiger partial charge is 0.494 e. The molecule has 0 fully saturated rings. The lowest BCUT2D eigenvalue weighted by Gasteiger charge is -2.35. The zero-order chi connectivity index (χ0) is 27.4. The van der Waals surface area contributed by atoms with Crippen molar-refractivity contribution in [2.45, 2.75) is 45.3 Å². The first-order valence-electron chi connectivity index (χ1n) is 13.3. The Morgan fingerprint density at radius 1 is 1.08 bits per heavy atom. The Bertz CT molecular complexity index is 1420. The smallest absolute Gasteiger partial charge is 0.416 e. The van der Waals surface area contributed by atoms with Crippen molar-refractivity contribution in [3.05, 3.63) is 94.4 Å². The number of hydrogen-bond donors (Lipinski definition) is 1. The second kappa shape index (κ2) is 12.1. The maximum Gasteiger partial charge on any atom is 0.416 e. The molecule has 1 N–H and O–H groups in total. The number of carbonyl (C=O) groups is 1. The Labute approximate surface area is 232 Å². The molecule has 1 aliphatic rings. The van der Waals surface area contributed by atoms with Crippen molar-refractivity contribution in [3.63, 3.8) is 0 Å². The van der Waals surface area contributed by atoms with Crippen molar-refractivity contribution < 1.29 is 23.4 Å². The SMILES string of the molecule is CCC(C)OCCCOc1ccc(C2c3[nH]c4ccc(Cl)cc4c3CCN2C(=O)Oc2ccc(F)cc2)cc1. The molecule has 2 atom stereocenters. The van der Waals surface area contributed by atoms with Gasteiger partial charge in [0.2, 0.25) is 0 Å². The lowest BCUT2D eigenvalue weighted by molar-refractivity contribution is 0.0554. The minimum absolute atomic E-state index is 0.253. The Morgan fingerprint density at radius 3 is 2.56 bits per heavy atom. The maximum atomic E-state index is 13.4. The Balaban J connectivity index is 1.39. The van der Waals surface area contributed by atoms with E-state index in [0.717, 1.165) is 46.3 Å². The summed E-state index contributed by atoms with van der Waals surface area (Å²) in [4.78, 5) is 18.6. The summed E-state index contributed by atoms with van der Waals surface area (Å²) in [7, 11) is 0. The second-order valence-corrected chi connectivity index (χ2v) is 10.2. The average Bonchev–Trinajstić information content (AvgIpc) is 3.31. The molecular formula is C31H32ClFN2O4. The summed E-state index contributed by atoms with van der Waals surface area (Å²) >= 11 is 6.31. The standard InChI is InChI=1S/C31H32ClFN2O4/c1-3-20(2)37-17-4-18-38-24-10-5-21(6-11-24)30-29-26(27-19-22(32)7-14-28(27)34-29)15-16-35(30)31(36)39-25-12-8-23(33)9-13-25/h5-14,19-20,30,34H,3-4,15-18H2,1-2H3. The van der Waals surface area contributed by atoms with E-state index in [-0.39, 0.29) is 11.9 Å². The third-order valence-corrected chi connectivity index (χ3v) is 7.31. The van der Waals surface area contributed by atoms with Crippen molar-refractivity contribution >= 4 is 28.6 Å². The molecule has 5 rings (SSSR count). The van der Waals surface area contributed by atoms with Crippen LogP contribution in [0.15, 0.2) is 66.7 Å². The summed E-state index contributed by atoms with van der Waals surface area (Å²) in [6.45, 7) is 5.84. The Kier molecular flexibility index (Phi) is 8.38. The molecule has 8 heteroatoms. The molecule has 1 amide bonds. The fourth-order valence-electron chi connectivity index (χ4n) is 4.86. The molecule has 0 radical (unpaired) electrons. The fourth-order valence-corrected chi connectivity index (χ4v) is 5.04. The zero-order valence-electron chi connectivity index (χ0n) is 22.1. The van der Waals surface area contributed by atoms with E-state index in [2.05, 4.69) is 18.8 Å². The van der Waals surface area contributed by atoms with E-state index in [1.165, 1.54) is 24.3 Å². The molecule has 0 bridgehead atoms. The molecule has 0 saturated heterocycles. The van der Waals surface area contributed by atoms with Crippen LogP contribution in [-0.4, -0.2) is 41.8 Å². The van der Waals surface area contributed by atoms with Crippen LogP contribution in [0.25, 0.3) is 10.9 Å². The lowest BCUT2D eigenvalue weighted by atomic mass is 9.92. The van der Waals surface area contributed by atoms with Crippen LogP contribution < -0.4 is 9.47 Å². The van der Waals surface area contributed by atoms with Gasteiger partial charge < -0.3 is 19.2 Å². The Hall–Kier alpha value is -3.55. The molecule has 2 unspecified atom stereocenters. The highest BCUT2D eigenvalue weighted by Crippen LogP contribution is 2.40. The highest BCUT2D eigenvalue weighted by molar-refractivity contribution is 6.31. The van der Waals surface area contributed by atoms with E-state index in [1.54, 1.807) is 4.90 Å². The van der Waals surface area contributed by atoms with Crippen LogP contribution in [-0.2, 0) is 11.2 Å². The van der Waals surface area contributed by atoms with Crippen molar-refractivity contribution in [3.8, 4) is 11.5 Å². The molecule has 0 saturated carbocycles. The van der Waals surface area contributed by atoms with Gasteiger partial charge in [-0.1, -0.05) is 30.7 Å². The van der Waals surface area contributed by atoms with Gasteiger partial charge in [-0.05, 0) is 85.5 Å². The van der Waals surface area contributed by atoms with Gasteiger partial charge in [-0.15, -0.1) is 0 Å². The molecule has 1 aromatic heterocycles. The number of ether oxygens (including phenoxy) is 3. The molecule has 3 aromatic carbocycles. The first kappa shape index (κ1) is 27.0. The molecule has 0 aliphatic carbocycles. The number of hydrogen-bond acceptors (Lipinski definition) is 4. The van der Waals surface area contributed by atoms with E-state index >= 15 is 0 Å². The average molecular weight is 551 g/mol. The van der Waals surface area contributed by atoms with E-state index in [1.807, 2.05) is 42.5 Å². The number of nitrogens with one attached hydrogen (secondary N) is 1. The molecule has 0 spiro atoms. The van der Waals surface area contributed by atoms with Crippen LogP contribution in [0, 0.1) is 5.82 Å². The first-order chi connectivity index (χ1) is 18.9. The van der Waals surface area contributed by atoms with Crippen LogP contribution in [0.2, 0.25) is 5.02 Å². The van der Waals surface area contributed by atoms with Gasteiger partial charge in [0.25, 0.3) is 0 Å². The topological polar surface area (TPSA) is 63.8 Å². The summed E-state index contributed by atoms with van der Waals surface area (Å²) in [5.41, 5.74) is 3.93. The summed E-state index contributed by atoms with van der Waals surface area (Å²) in [6.07, 6.45) is 2.19. The number of halogens is 2. The van der Waals surface area contributed by atoms with Gasteiger partial charge >= 0.3 is 6.09 Å². The predicted octanol–water partition coefficient (Wildman–Crippen LogP) is 7.69. The number of aromatic nitrogens is 1. The monoisotopic (exact) mass is 550 g/mol. The molecule has 1 aliphatic heterocycles. The number of amides is 1. The highest BCUT2D eigenvalue weighted by Gasteiger charge is 2.35. The molecule has 39 heavy (non-hydrogen) atoms. The van der Waals surface area contributed by atoms with Crippen LogP contribution in [0.1, 0.15) is 49.6 Å². The van der Waals surface area contributed by atoms with E-state index in [0.29, 0.717) is 31.2 Å². The quantitative estimate of drug-likeness (QED) is 0.217. The highest BCUT2D eigenvalue weighted by atomic mass is 35.5. The molecule has 4 aromatic rings. The normalized spacial score (nSPS) is 15.7. The van der Waals surface area contributed by atoms with Crippen molar-refractivity contribution in [2.75, 3.05) is 19.8 Å². The summed E-state index contributed by atoms with van der Waals surface area (Å²) in [5, 5.41) is 1.71. The summed E-state index contributed by atoms with van der Waals surface area (Å²) in [5.74, 6) is 0.648. The van der Waals surface area contributed by atoms with Gasteiger partial charge in [0.1, 0.15) is 23.4 Å². The van der Waals surface area contributed by atoms with Gasteiger partial charge in [-0.3, -0.25) is 4.90 Å². The van der Waals surface area contributed by atoms with Gasteiger partial charge in [0.05, 0.1) is 19.3 Å². The fraction of sp³-hybridized carbons (Fsp3) is 0.323. The van der Waals surface area contributed by atoms with Crippen LogP contribution in [0.3, 0.4) is 0 Å². The number of benzene rings is 3. The van der Waals surface area contributed by atoms with Crippen molar-refractivity contribution in [2.24, 2.45) is 0 Å². The van der Waals surface area contributed by atoms with Crippen molar-refractivity contribution in [1.29, 1.82) is 0 Å². The maximum absolute atomic E-state index is 13.4. The third-order valence-electron chi connectivity index (χ3n) is 7.07. The predicted molar refractivity (Wildman–Crippen MR) is 150 cm³/mol. The summed E-state index contributed by atoms with van der Waals surface area (Å²) < 4.78 is 30.6. The number of H-pyrrole nitrogens is 1. The molecular weight excluding hydrogens is 519 g/mol. The molecule has 6 nitrogen and oxygen atoms in total. The Morgan fingerprint density at radius 2 is 1.82 bits per heavy atom. The van der Waals surface area contributed by atoms with Gasteiger partial charge in [0.15, 0.2) is 0 Å². The lowest BCUT2D eigenvalue weighted by Crippen LogP contribution is -2.42. The second-order valence-electron chi connectivity index (χ2n) is 9.74. The van der Waals surface area contributed by atoms with Crippen LogP contribution >= 0.6 is 11.6 Å². The van der Waals surface area contributed by atoms with E-state index in [4.69, 9.17) is 25.8 Å². The van der Waals surface area contributed by atoms with Crippen LogP contribution in [0.4, 0.5) is 9.18 Å².